The molecule has 1 aliphatic heterocycles. The highest BCUT2D eigenvalue weighted by Gasteiger charge is 2.13. The fourth-order valence-corrected chi connectivity index (χ4v) is 3.56. The molecule has 2 aromatic carbocycles. The molecular weight excluding hydrogens is 392 g/mol. The highest BCUT2D eigenvalue weighted by molar-refractivity contribution is 5.73. The maximum absolute atomic E-state index is 11.8. The van der Waals surface area contributed by atoms with Gasteiger partial charge < -0.3 is 14.2 Å². The van der Waals surface area contributed by atoms with Crippen LogP contribution in [0, 0.1) is 11.3 Å². The minimum atomic E-state index is -0.296. The fraction of sp³-hybridized carbons (Fsp3) is 0.240. The lowest BCUT2D eigenvalue weighted by Crippen LogP contribution is -2.10. The number of esters is 1. The molecule has 4 rings (SSSR count). The van der Waals surface area contributed by atoms with Crippen molar-refractivity contribution in [1.82, 2.24) is 4.98 Å². The van der Waals surface area contributed by atoms with Crippen molar-refractivity contribution >= 4 is 5.97 Å². The minimum Gasteiger partial charge on any atom is -0.473 e. The van der Waals surface area contributed by atoms with E-state index in [2.05, 4.69) is 11.1 Å². The molecule has 0 N–H and O–H groups in total. The third-order valence-corrected chi connectivity index (χ3v) is 5.27. The molecule has 1 aromatic heterocycles. The number of benzene rings is 2. The predicted octanol–water partition coefficient (Wildman–Crippen LogP) is 3.99. The second-order valence-electron chi connectivity index (χ2n) is 7.28. The zero-order chi connectivity index (χ0) is 21.6. The first kappa shape index (κ1) is 20.6. The monoisotopic (exact) mass is 414 g/mol. The number of aromatic nitrogens is 1. The number of ether oxygens (including phenoxy) is 3. The lowest BCUT2D eigenvalue weighted by atomic mass is 10.00. The Morgan fingerprint density at radius 2 is 2.00 bits per heavy atom. The normalized spacial score (nSPS) is 13.2. The van der Waals surface area contributed by atoms with Gasteiger partial charge in [0.05, 0.1) is 44.1 Å². The van der Waals surface area contributed by atoms with Gasteiger partial charge in [-0.25, -0.2) is 4.98 Å². The molecule has 0 spiro atoms. The van der Waals surface area contributed by atoms with Crippen LogP contribution in [0.2, 0.25) is 0 Å². The first-order chi connectivity index (χ1) is 15.2. The van der Waals surface area contributed by atoms with Crippen LogP contribution < -0.4 is 4.74 Å². The summed E-state index contributed by atoms with van der Waals surface area (Å²) in [6.07, 6.45) is 0.828. The number of nitrogens with zero attached hydrogens (tertiary/aromatic N) is 2. The molecule has 2 heterocycles. The van der Waals surface area contributed by atoms with Gasteiger partial charge in [0.1, 0.15) is 6.61 Å². The molecular formula is C25H22N2O4. The van der Waals surface area contributed by atoms with E-state index in [4.69, 9.17) is 14.2 Å². The Balaban J connectivity index is 1.71. The van der Waals surface area contributed by atoms with Crippen molar-refractivity contribution in [3.63, 3.8) is 0 Å². The van der Waals surface area contributed by atoms with E-state index in [0.717, 1.165) is 33.5 Å². The summed E-state index contributed by atoms with van der Waals surface area (Å²) in [4.78, 5) is 16.5. The summed E-state index contributed by atoms with van der Waals surface area (Å²) in [7, 11) is 1.38. The number of methoxy groups -OCH3 is 1. The average molecular weight is 414 g/mol. The highest BCUT2D eigenvalue weighted by Crippen LogP contribution is 2.25. The molecule has 31 heavy (non-hydrogen) atoms. The van der Waals surface area contributed by atoms with Gasteiger partial charge in [0.25, 0.3) is 0 Å². The summed E-state index contributed by atoms with van der Waals surface area (Å²) in [5.41, 5.74) is 6.09. The van der Waals surface area contributed by atoms with Crippen molar-refractivity contribution in [3.8, 4) is 23.2 Å². The van der Waals surface area contributed by atoms with E-state index in [0.29, 0.717) is 37.7 Å². The molecule has 0 fully saturated rings. The zero-order valence-electron chi connectivity index (χ0n) is 17.3. The second-order valence-corrected chi connectivity index (χ2v) is 7.28. The van der Waals surface area contributed by atoms with Crippen LogP contribution in [0.5, 0.6) is 5.88 Å². The number of pyridine rings is 1. The maximum atomic E-state index is 11.8. The molecule has 156 valence electrons. The summed E-state index contributed by atoms with van der Waals surface area (Å²) in [5.74, 6) is 0.233. The predicted molar refractivity (Wildman–Crippen MR) is 114 cm³/mol. The van der Waals surface area contributed by atoms with Crippen molar-refractivity contribution in [2.24, 2.45) is 0 Å². The number of fused-ring (bicyclic) bond motifs is 6. The molecule has 1 aliphatic rings. The molecule has 0 unspecified atom stereocenters. The van der Waals surface area contributed by atoms with Crippen LogP contribution in [0.4, 0.5) is 0 Å². The van der Waals surface area contributed by atoms with E-state index in [-0.39, 0.29) is 12.4 Å². The number of carbonyl (C=O) groups is 1. The number of hydrogen-bond donors (Lipinski definition) is 0. The molecule has 0 atom stereocenters. The fourth-order valence-electron chi connectivity index (χ4n) is 3.56. The molecule has 0 saturated heterocycles. The van der Waals surface area contributed by atoms with Gasteiger partial charge >= 0.3 is 5.97 Å². The van der Waals surface area contributed by atoms with Crippen LogP contribution >= 0.6 is 0 Å². The number of rotatable bonds is 2. The van der Waals surface area contributed by atoms with E-state index >= 15 is 0 Å². The van der Waals surface area contributed by atoms with Crippen molar-refractivity contribution in [2.45, 2.75) is 26.1 Å². The first-order valence-corrected chi connectivity index (χ1v) is 10.0. The Kier molecular flexibility index (Phi) is 6.25. The third-order valence-electron chi connectivity index (χ3n) is 5.27. The molecule has 0 amide bonds. The van der Waals surface area contributed by atoms with Crippen LogP contribution in [0.1, 0.15) is 27.8 Å². The van der Waals surface area contributed by atoms with Gasteiger partial charge in [-0.2, -0.15) is 5.26 Å². The molecule has 6 nitrogen and oxygen atoms in total. The van der Waals surface area contributed by atoms with Crippen molar-refractivity contribution in [3.05, 3.63) is 82.4 Å². The summed E-state index contributed by atoms with van der Waals surface area (Å²) in [5, 5.41) is 9.25. The minimum absolute atomic E-state index is 0.181. The van der Waals surface area contributed by atoms with Gasteiger partial charge in [-0.05, 0) is 52.9 Å². The van der Waals surface area contributed by atoms with Gasteiger partial charge in [0.2, 0.25) is 5.88 Å². The Bertz CT molecular complexity index is 1150. The van der Waals surface area contributed by atoms with Crippen LogP contribution in [-0.4, -0.2) is 24.7 Å². The van der Waals surface area contributed by atoms with Crippen LogP contribution in [0.15, 0.2) is 54.6 Å². The molecule has 0 radical (unpaired) electrons. The zero-order valence-corrected chi connectivity index (χ0v) is 17.3. The lowest BCUT2D eigenvalue weighted by Gasteiger charge is -2.15. The smallest absolute Gasteiger partial charge is 0.309 e. The highest BCUT2D eigenvalue weighted by atomic mass is 16.5. The number of nitriles is 1. The maximum Gasteiger partial charge on any atom is 0.309 e. The Morgan fingerprint density at radius 1 is 1.10 bits per heavy atom. The standard InChI is InChI=1S/C25H22N2O4/c1-29-25(28)13-18-7-8-20-12-22(18)15-30-10-9-19-11-17(14-26)5-6-21(19)16-31-24-4-2-3-23(20)27-24/h2-8,11-12H,9-10,13,15-16H2,1H3. The van der Waals surface area contributed by atoms with Gasteiger partial charge in [-0.15, -0.1) is 0 Å². The first-order valence-electron chi connectivity index (χ1n) is 10.0. The summed E-state index contributed by atoms with van der Waals surface area (Å²) < 4.78 is 16.8. The molecule has 4 bridgehead atoms. The number of carbonyl (C=O) groups excluding carboxylic acids is 1. The van der Waals surface area contributed by atoms with Crippen molar-refractivity contribution in [2.75, 3.05) is 13.7 Å². The molecule has 0 saturated carbocycles. The largest absolute Gasteiger partial charge is 0.473 e. The molecule has 3 aromatic rings. The third kappa shape index (κ3) is 4.90. The molecule has 0 aliphatic carbocycles. The van der Waals surface area contributed by atoms with E-state index in [1.54, 1.807) is 6.07 Å². The van der Waals surface area contributed by atoms with E-state index in [1.807, 2.05) is 48.5 Å². The van der Waals surface area contributed by atoms with Gasteiger partial charge in [0.15, 0.2) is 0 Å². The van der Waals surface area contributed by atoms with Crippen LogP contribution in [-0.2, 0) is 40.3 Å². The molecule has 6 heteroatoms. The quantitative estimate of drug-likeness (QED) is 0.590. The Labute approximate surface area is 181 Å². The summed E-state index contributed by atoms with van der Waals surface area (Å²) >= 11 is 0. The van der Waals surface area contributed by atoms with Gasteiger partial charge in [0, 0.05) is 11.6 Å². The van der Waals surface area contributed by atoms with E-state index in [1.165, 1.54) is 7.11 Å². The second kappa shape index (κ2) is 9.41. The summed E-state index contributed by atoms with van der Waals surface area (Å²) in [6, 6.07) is 19.3. The number of hydrogen-bond acceptors (Lipinski definition) is 6. The average Bonchev–Trinajstić information content (AvgIpc) is 2.81. The van der Waals surface area contributed by atoms with Gasteiger partial charge in [-0.3, -0.25) is 4.79 Å². The van der Waals surface area contributed by atoms with Crippen LogP contribution in [0.3, 0.4) is 0 Å². The SMILES string of the molecule is COC(=O)Cc1ccc2cc1COCCc1cc(C#N)ccc1COc1cccc-2n1. The van der Waals surface area contributed by atoms with E-state index < -0.39 is 0 Å². The van der Waals surface area contributed by atoms with E-state index in [9.17, 15) is 10.1 Å². The van der Waals surface area contributed by atoms with Crippen molar-refractivity contribution < 1.29 is 19.0 Å². The lowest BCUT2D eigenvalue weighted by molar-refractivity contribution is -0.139. The topological polar surface area (TPSA) is 81.4 Å². The van der Waals surface area contributed by atoms with Crippen LogP contribution in [0.25, 0.3) is 11.3 Å². The summed E-state index contributed by atoms with van der Waals surface area (Å²) in [6.45, 7) is 1.21. The Hall–Kier alpha value is -3.69. The Morgan fingerprint density at radius 3 is 2.84 bits per heavy atom. The van der Waals surface area contributed by atoms with Crippen molar-refractivity contribution in [1.29, 1.82) is 5.26 Å². The van der Waals surface area contributed by atoms with Gasteiger partial charge in [-0.1, -0.05) is 24.3 Å².